The molecule has 1 amide bonds. The largest absolute Gasteiger partial charge is 0.353 e. The van der Waals surface area contributed by atoms with Crippen LogP contribution in [0.4, 0.5) is 0 Å². The van der Waals surface area contributed by atoms with Crippen LogP contribution in [-0.4, -0.2) is 24.5 Å². The van der Waals surface area contributed by atoms with Crippen molar-refractivity contribution < 1.29 is 4.79 Å². The van der Waals surface area contributed by atoms with Crippen LogP contribution in [0.2, 0.25) is 0 Å². The van der Waals surface area contributed by atoms with E-state index in [1.165, 1.54) is 24.8 Å². The van der Waals surface area contributed by atoms with E-state index in [0.29, 0.717) is 23.9 Å². The van der Waals surface area contributed by atoms with Gasteiger partial charge in [0.25, 0.3) is 0 Å². The average molecular weight is 326 g/mol. The molecule has 2 saturated carbocycles. The Hall–Kier alpha value is -1.35. The first-order valence-electron chi connectivity index (χ1n) is 9.74. The van der Waals surface area contributed by atoms with Gasteiger partial charge in [-0.15, -0.1) is 0 Å². The zero-order valence-corrected chi connectivity index (χ0v) is 14.8. The Morgan fingerprint density at radius 1 is 1.21 bits per heavy atom. The summed E-state index contributed by atoms with van der Waals surface area (Å²) < 4.78 is 0. The number of amides is 1. The molecule has 24 heavy (non-hydrogen) atoms. The Kier molecular flexibility index (Phi) is 4.38. The fourth-order valence-electron chi connectivity index (χ4n) is 5.57. The second kappa shape index (κ2) is 6.51. The molecule has 130 valence electrons. The van der Waals surface area contributed by atoms with Crippen LogP contribution in [0.5, 0.6) is 0 Å². The van der Waals surface area contributed by atoms with Crippen molar-refractivity contribution in [1.29, 1.82) is 0 Å². The van der Waals surface area contributed by atoms with Crippen molar-refractivity contribution in [3.8, 4) is 0 Å². The van der Waals surface area contributed by atoms with Crippen LogP contribution in [0.1, 0.15) is 51.0 Å². The van der Waals surface area contributed by atoms with Crippen LogP contribution in [0, 0.1) is 17.3 Å². The predicted molar refractivity (Wildman–Crippen MR) is 96.7 cm³/mol. The van der Waals surface area contributed by atoms with E-state index in [0.717, 1.165) is 38.1 Å². The van der Waals surface area contributed by atoms with Crippen LogP contribution in [0.3, 0.4) is 0 Å². The number of hydrogen-bond donors (Lipinski definition) is 2. The molecule has 1 heterocycles. The lowest BCUT2D eigenvalue weighted by Gasteiger charge is -2.39. The normalized spacial score (nSPS) is 38.2. The monoisotopic (exact) mass is 326 g/mol. The molecule has 2 N–H and O–H groups in total. The second-order valence-corrected chi connectivity index (χ2v) is 8.45. The van der Waals surface area contributed by atoms with Gasteiger partial charge in [0.2, 0.25) is 5.91 Å². The number of benzene rings is 1. The van der Waals surface area contributed by atoms with Gasteiger partial charge >= 0.3 is 0 Å². The number of piperidine rings is 1. The molecule has 1 aromatic carbocycles. The third-order valence-corrected chi connectivity index (χ3v) is 6.75. The number of carbonyl (C=O) groups excluding carboxylic acids is 1. The molecule has 3 fully saturated rings. The van der Waals surface area contributed by atoms with E-state index in [2.05, 4.69) is 47.9 Å². The van der Waals surface area contributed by atoms with Crippen LogP contribution < -0.4 is 10.6 Å². The van der Waals surface area contributed by atoms with Gasteiger partial charge in [-0.05, 0) is 69.4 Å². The molecular formula is C21H30N2O. The van der Waals surface area contributed by atoms with E-state index < -0.39 is 0 Å². The van der Waals surface area contributed by atoms with Gasteiger partial charge in [-0.2, -0.15) is 0 Å². The van der Waals surface area contributed by atoms with Gasteiger partial charge in [-0.25, -0.2) is 0 Å². The molecule has 3 aliphatic rings. The van der Waals surface area contributed by atoms with E-state index in [1.807, 2.05) is 0 Å². The third-order valence-electron chi connectivity index (χ3n) is 6.75. The molecule has 5 atom stereocenters. The van der Waals surface area contributed by atoms with Crippen molar-refractivity contribution in [2.24, 2.45) is 17.3 Å². The number of hydrogen-bond acceptors (Lipinski definition) is 2. The number of nitrogens with one attached hydrogen (secondary N) is 2. The second-order valence-electron chi connectivity index (χ2n) is 8.45. The minimum absolute atomic E-state index is 0.154. The Balaban J connectivity index is 1.53. The van der Waals surface area contributed by atoms with Gasteiger partial charge in [0.1, 0.15) is 0 Å². The van der Waals surface area contributed by atoms with E-state index in [-0.39, 0.29) is 5.41 Å². The highest BCUT2D eigenvalue weighted by Gasteiger charge is 2.55. The number of fused-ring (bicyclic) bond motifs is 2. The summed E-state index contributed by atoms with van der Waals surface area (Å²) in [6.07, 6.45) is 7.97. The zero-order valence-electron chi connectivity index (χ0n) is 14.8. The van der Waals surface area contributed by atoms with Gasteiger partial charge < -0.3 is 10.6 Å². The molecule has 0 spiro atoms. The topological polar surface area (TPSA) is 41.1 Å². The maximum absolute atomic E-state index is 13.4. The zero-order chi connectivity index (χ0) is 16.6. The summed E-state index contributed by atoms with van der Waals surface area (Å²) in [5.74, 6) is 1.70. The molecule has 1 aliphatic heterocycles. The molecule has 5 unspecified atom stereocenters. The molecule has 3 nitrogen and oxygen atoms in total. The molecule has 0 aromatic heterocycles. The smallest absolute Gasteiger partial charge is 0.227 e. The third kappa shape index (κ3) is 2.99. The SMILES string of the molecule is CC1CC(NC(=O)C2(Cc3ccccc3)CC3CCC2C3)CCN1. The molecule has 2 aliphatic carbocycles. The number of carbonyl (C=O) groups is 1. The molecule has 0 radical (unpaired) electrons. The lowest BCUT2D eigenvalue weighted by atomic mass is 9.68. The van der Waals surface area contributed by atoms with Gasteiger partial charge in [0.15, 0.2) is 0 Å². The van der Waals surface area contributed by atoms with Gasteiger partial charge in [0, 0.05) is 12.1 Å². The first-order valence-corrected chi connectivity index (χ1v) is 9.74. The van der Waals surface area contributed by atoms with E-state index in [9.17, 15) is 4.79 Å². The van der Waals surface area contributed by atoms with Crippen molar-refractivity contribution in [3.05, 3.63) is 35.9 Å². The van der Waals surface area contributed by atoms with Crippen LogP contribution in [0.25, 0.3) is 0 Å². The molecule has 3 heteroatoms. The molecular weight excluding hydrogens is 296 g/mol. The Bertz CT molecular complexity index is 587. The molecule has 1 aromatic rings. The summed E-state index contributed by atoms with van der Waals surface area (Å²) in [7, 11) is 0. The van der Waals surface area contributed by atoms with E-state index in [1.54, 1.807) is 0 Å². The van der Waals surface area contributed by atoms with Crippen molar-refractivity contribution in [2.75, 3.05) is 6.54 Å². The van der Waals surface area contributed by atoms with Crippen molar-refractivity contribution >= 4 is 5.91 Å². The molecule has 4 rings (SSSR count). The number of rotatable bonds is 4. The van der Waals surface area contributed by atoms with E-state index in [4.69, 9.17) is 0 Å². The van der Waals surface area contributed by atoms with Gasteiger partial charge in [-0.3, -0.25) is 4.79 Å². The van der Waals surface area contributed by atoms with Crippen molar-refractivity contribution in [2.45, 2.75) is 64.0 Å². The van der Waals surface area contributed by atoms with Crippen molar-refractivity contribution in [1.82, 2.24) is 10.6 Å². The van der Waals surface area contributed by atoms with Crippen LogP contribution >= 0.6 is 0 Å². The average Bonchev–Trinajstić information content (AvgIpc) is 3.17. The first kappa shape index (κ1) is 16.1. The quantitative estimate of drug-likeness (QED) is 0.891. The van der Waals surface area contributed by atoms with Crippen LogP contribution in [-0.2, 0) is 11.2 Å². The van der Waals surface area contributed by atoms with E-state index >= 15 is 0 Å². The standard InChI is InChI=1S/C21H30N2O/c1-15-11-19(9-10-22-15)23-20(24)21(13-16-5-3-2-4-6-16)14-17-7-8-18(21)12-17/h2-6,15,17-19,22H,7-14H2,1H3,(H,23,24). The highest BCUT2D eigenvalue weighted by Crippen LogP contribution is 2.57. The van der Waals surface area contributed by atoms with Gasteiger partial charge in [-0.1, -0.05) is 36.8 Å². The van der Waals surface area contributed by atoms with Crippen LogP contribution in [0.15, 0.2) is 30.3 Å². The maximum atomic E-state index is 13.4. The highest BCUT2D eigenvalue weighted by atomic mass is 16.2. The Labute approximate surface area is 145 Å². The van der Waals surface area contributed by atoms with Gasteiger partial charge in [0.05, 0.1) is 5.41 Å². The molecule has 1 saturated heterocycles. The lowest BCUT2D eigenvalue weighted by molar-refractivity contribution is -0.135. The summed E-state index contributed by atoms with van der Waals surface area (Å²) >= 11 is 0. The summed E-state index contributed by atoms with van der Waals surface area (Å²) in [4.78, 5) is 13.4. The maximum Gasteiger partial charge on any atom is 0.227 e. The summed E-state index contributed by atoms with van der Waals surface area (Å²) in [6.45, 7) is 3.24. The highest BCUT2D eigenvalue weighted by molar-refractivity contribution is 5.84. The Morgan fingerprint density at radius 2 is 2.04 bits per heavy atom. The fourth-order valence-corrected chi connectivity index (χ4v) is 5.57. The predicted octanol–water partition coefficient (Wildman–Crippen LogP) is 3.29. The Morgan fingerprint density at radius 3 is 2.71 bits per heavy atom. The minimum Gasteiger partial charge on any atom is -0.353 e. The first-order chi connectivity index (χ1) is 11.7. The van der Waals surface area contributed by atoms with Crippen molar-refractivity contribution in [3.63, 3.8) is 0 Å². The summed E-state index contributed by atoms with van der Waals surface area (Å²) in [6, 6.07) is 11.5. The minimum atomic E-state index is -0.154. The summed E-state index contributed by atoms with van der Waals surface area (Å²) in [5, 5.41) is 6.94. The summed E-state index contributed by atoms with van der Waals surface area (Å²) in [5.41, 5.74) is 1.16. The lowest BCUT2D eigenvalue weighted by Crippen LogP contribution is -2.53. The molecule has 2 bridgehead atoms. The fraction of sp³-hybridized carbons (Fsp3) is 0.667.